The SMILES string of the molecule is Nc1ccc(S(=O)(=O)CCN2CCCC2)cc1Cl. The molecule has 2 N–H and O–H groups in total. The zero-order valence-electron chi connectivity index (χ0n) is 10.1. The number of likely N-dealkylation sites (tertiary alicyclic amines) is 1. The van der Waals surface area contributed by atoms with Crippen molar-refractivity contribution in [3.8, 4) is 0 Å². The first kappa shape index (κ1) is 13.6. The average Bonchev–Trinajstić information content (AvgIpc) is 2.83. The highest BCUT2D eigenvalue weighted by atomic mass is 35.5. The number of halogens is 1. The molecule has 1 aromatic carbocycles. The molecule has 0 atom stereocenters. The normalized spacial score (nSPS) is 17.2. The lowest BCUT2D eigenvalue weighted by Gasteiger charge is -2.14. The first-order chi connectivity index (χ1) is 8.49. The van der Waals surface area contributed by atoms with Gasteiger partial charge in [-0.3, -0.25) is 0 Å². The quantitative estimate of drug-likeness (QED) is 0.858. The molecule has 6 heteroatoms. The predicted octanol–water partition coefficient (Wildman–Crippen LogP) is 1.79. The summed E-state index contributed by atoms with van der Waals surface area (Å²) < 4.78 is 24.3. The average molecular weight is 289 g/mol. The molecule has 0 bridgehead atoms. The van der Waals surface area contributed by atoms with Gasteiger partial charge < -0.3 is 10.6 Å². The van der Waals surface area contributed by atoms with Gasteiger partial charge in [0, 0.05) is 6.54 Å². The van der Waals surface area contributed by atoms with Crippen LogP contribution >= 0.6 is 11.6 Å². The van der Waals surface area contributed by atoms with E-state index in [2.05, 4.69) is 4.90 Å². The van der Waals surface area contributed by atoms with Crippen LogP contribution in [0.3, 0.4) is 0 Å². The summed E-state index contributed by atoms with van der Waals surface area (Å²) in [7, 11) is -3.27. The zero-order chi connectivity index (χ0) is 13.2. The van der Waals surface area contributed by atoms with E-state index >= 15 is 0 Å². The number of nitrogens with two attached hydrogens (primary N) is 1. The number of rotatable bonds is 4. The highest BCUT2D eigenvalue weighted by Gasteiger charge is 2.19. The van der Waals surface area contributed by atoms with Crippen LogP contribution in [0.2, 0.25) is 5.02 Å². The van der Waals surface area contributed by atoms with Crippen molar-refractivity contribution in [2.75, 3.05) is 31.1 Å². The van der Waals surface area contributed by atoms with E-state index in [-0.39, 0.29) is 15.7 Å². The third-order valence-corrected chi connectivity index (χ3v) is 5.23. The molecule has 1 fully saturated rings. The zero-order valence-corrected chi connectivity index (χ0v) is 11.7. The molecule has 1 saturated heterocycles. The van der Waals surface area contributed by atoms with Crippen molar-refractivity contribution in [3.63, 3.8) is 0 Å². The Labute approximate surface area is 113 Å². The van der Waals surface area contributed by atoms with Crippen LogP contribution in [-0.2, 0) is 9.84 Å². The first-order valence-electron chi connectivity index (χ1n) is 5.99. The fraction of sp³-hybridized carbons (Fsp3) is 0.500. The van der Waals surface area contributed by atoms with Crippen molar-refractivity contribution in [2.24, 2.45) is 0 Å². The lowest BCUT2D eigenvalue weighted by molar-refractivity contribution is 0.359. The van der Waals surface area contributed by atoms with E-state index in [0.29, 0.717) is 12.2 Å². The van der Waals surface area contributed by atoms with Crippen LogP contribution in [0.4, 0.5) is 5.69 Å². The topological polar surface area (TPSA) is 63.4 Å². The van der Waals surface area contributed by atoms with E-state index in [1.165, 1.54) is 18.2 Å². The monoisotopic (exact) mass is 288 g/mol. The summed E-state index contributed by atoms with van der Waals surface area (Å²) in [5.41, 5.74) is 5.97. The Balaban J connectivity index is 2.07. The second-order valence-corrected chi connectivity index (χ2v) is 7.07. The molecule has 2 rings (SSSR count). The van der Waals surface area contributed by atoms with E-state index in [0.717, 1.165) is 25.9 Å². The van der Waals surface area contributed by atoms with Crippen molar-refractivity contribution in [3.05, 3.63) is 23.2 Å². The Bertz CT molecular complexity index is 525. The van der Waals surface area contributed by atoms with Gasteiger partial charge in [0.05, 0.1) is 21.4 Å². The van der Waals surface area contributed by atoms with Crippen molar-refractivity contribution < 1.29 is 8.42 Å². The maximum absolute atomic E-state index is 12.1. The minimum atomic E-state index is -3.27. The highest BCUT2D eigenvalue weighted by Crippen LogP contribution is 2.23. The van der Waals surface area contributed by atoms with Crippen LogP contribution in [0.5, 0.6) is 0 Å². The Morgan fingerprint density at radius 2 is 1.94 bits per heavy atom. The van der Waals surface area contributed by atoms with Crippen molar-refractivity contribution in [2.45, 2.75) is 17.7 Å². The molecule has 18 heavy (non-hydrogen) atoms. The number of sulfone groups is 1. The number of hydrogen-bond donors (Lipinski definition) is 1. The Hall–Kier alpha value is -0.780. The lowest BCUT2D eigenvalue weighted by Crippen LogP contribution is -2.26. The molecule has 0 aliphatic carbocycles. The molecular formula is C12H17ClN2O2S. The van der Waals surface area contributed by atoms with E-state index in [1.54, 1.807) is 0 Å². The van der Waals surface area contributed by atoms with Gasteiger partial charge in [-0.1, -0.05) is 11.6 Å². The smallest absolute Gasteiger partial charge is 0.179 e. The van der Waals surface area contributed by atoms with Crippen molar-refractivity contribution in [1.82, 2.24) is 4.90 Å². The summed E-state index contributed by atoms with van der Waals surface area (Å²) in [5.74, 6) is 0.132. The number of hydrogen-bond acceptors (Lipinski definition) is 4. The molecular weight excluding hydrogens is 272 g/mol. The molecule has 4 nitrogen and oxygen atoms in total. The van der Waals surface area contributed by atoms with Crippen LogP contribution in [0, 0.1) is 0 Å². The van der Waals surface area contributed by atoms with Gasteiger partial charge in [0.1, 0.15) is 0 Å². The largest absolute Gasteiger partial charge is 0.398 e. The number of benzene rings is 1. The second kappa shape index (κ2) is 5.47. The summed E-state index contributed by atoms with van der Waals surface area (Å²) in [6.45, 7) is 2.58. The fourth-order valence-electron chi connectivity index (χ4n) is 2.07. The molecule has 1 heterocycles. The molecule has 0 saturated carbocycles. The van der Waals surface area contributed by atoms with E-state index in [4.69, 9.17) is 17.3 Å². The van der Waals surface area contributed by atoms with Gasteiger partial charge in [0.25, 0.3) is 0 Å². The van der Waals surface area contributed by atoms with E-state index in [1.807, 2.05) is 0 Å². The van der Waals surface area contributed by atoms with Crippen LogP contribution < -0.4 is 5.73 Å². The van der Waals surface area contributed by atoms with E-state index in [9.17, 15) is 8.42 Å². The summed E-state index contributed by atoms with van der Waals surface area (Å²) in [5, 5.41) is 0.289. The first-order valence-corrected chi connectivity index (χ1v) is 8.02. The fourth-order valence-corrected chi connectivity index (χ4v) is 3.63. The molecule has 1 aliphatic heterocycles. The predicted molar refractivity (Wildman–Crippen MR) is 73.6 cm³/mol. The molecule has 1 aromatic rings. The van der Waals surface area contributed by atoms with Crippen LogP contribution in [0.15, 0.2) is 23.1 Å². The molecule has 100 valence electrons. The third kappa shape index (κ3) is 3.16. The molecule has 0 unspecified atom stereocenters. The van der Waals surface area contributed by atoms with Crippen LogP contribution in [-0.4, -0.2) is 38.7 Å². The summed E-state index contributed by atoms with van der Waals surface area (Å²) in [6, 6.07) is 4.47. The molecule has 0 aromatic heterocycles. The molecule has 0 spiro atoms. The Kier molecular flexibility index (Phi) is 4.14. The number of nitrogen functional groups attached to an aromatic ring is 1. The van der Waals surface area contributed by atoms with Gasteiger partial charge in [-0.15, -0.1) is 0 Å². The maximum atomic E-state index is 12.1. The van der Waals surface area contributed by atoms with Crippen molar-refractivity contribution >= 4 is 27.1 Å². The Morgan fingerprint density at radius 3 is 2.56 bits per heavy atom. The minimum Gasteiger partial charge on any atom is -0.398 e. The summed E-state index contributed by atoms with van der Waals surface area (Å²) in [6.07, 6.45) is 2.32. The number of anilines is 1. The van der Waals surface area contributed by atoms with Gasteiger partial charge in [-0.05, 0) is 44.1 Å². The summed E-state index contributed by atoms with van der Waals surface area (Å²) in [4.78, 5) is 2.43. The standard InChI is InChI=1S/C12H17ClN2O2S/c13-11-9-10(3-4-12(11)14)18(16,17)8-7-15-5-1-2-6-15/h3-4,9H,1-2,5-8,14H2. The van der Waals surface area contributed by atoms with Gasteiger partial charge in [-0.2, -0.15) is 0 Å². The highest BCUT2D eigenvalue weighted by molar-refractivity contribution is 7.91. The molecule has 0 radical (unpaired) electrons. The van der Waals surface area contributed by atoms with Gasteiger partial charge in [0.15, 0.2) is 9.84 Å². The Morgan fingerprint density at radius 1 is 1.28 bits per heavy atom. The molecule has 1 aliphatic rings. The van der Waals surface area contributed by atoms with Crippen LogP contribution in [0.1, 0.15) is 12.8 Å². The lowest BCUT2D eigenvalue weighted by atomic mass is 10.3. The van der Waals surface area contributed by atoms with Crippen LogP contribution in [0.25, 0.3) is 0 Å². The van der Waals surface area contributed by atoms with E-state index < -0.39 is 9.84 Å². The maximum Gasteiger partial charge on any atom is 0.179 e. The van der Waals surface area contributed by atoms with Gasteiger partial charge in [0.2, 0.25) is 0 Å². The van der Waals surface area contributed by atoms with Gasteiger partial charge >= 0.3 is 0 Å². The van der Waals surface area contributed by atoms with Crippen molar-refractivity contribution in [1.29, 1.82) is 0 Å². The van der Waals surface area contributed by atoms with Gasteiger partial charge in [-0.25, -0.2) is 8.42 Å². The number of nitrogens with zero attached hydrogens (tertiary/aromatic N) is 1. The molecule has 0 amide bonds. The second-order valence-electron chi connectivity index (χ2n) is 4.55. The third-order valence-electron chi connectivity index (χ3n) is 3.21. The summed E-state index contributed by atoms with van der Waals surface area (Å²) >= 11 is 5.85. The minimum absolute atomic E-state index is 0.132.